The van der Waals surface area contributed by atoms with Crippen LogP contribution in [0, 0.1) is 5.92 Å². The van der Waals surface area contributed by atoms with E-state index in [1.165, 1.54) is 29.4 Å². The summed E-state index contributed by atoms with van der Waals surface area (Å²) in [6.45, 7) is 0.681. The van der Waals surface area contributed by atoms with E-state index in [1.807, 2.05) is 42.6 Å². The van der Waals surface area contributed by atoms with Crippen LogP contribution in [0.3, 0.4) is 0 Å². The first-order valence-corrected chi connectivity index (χ1v) is 12.1. The molecular formula is C28H25ClN4O. The molecule has 2 N–H and O–H groups in total. The van der Waals surface area contributed by atoms with Gasteiger partial charge in [0.25, 0.3) is 0 Å². The molecule has 1 unspecified atom stereocenters. The Balaban J connectivity index is 1.09. The molecule has 0 radical (unpaired) electrons. The zero-order valence-electron chi connectivity index (χ0n) is 18.7. The fraction of sp³-hybridized carbons (Fsp3) is 0.250. The average molecular weight is 469 g/mol. The van der Waals surface area contributed by atoms with Crippen molar-refractivity contribution in [3.05, 3.63) is 94.8 Å². The number of halogens is 1. The van der Waals surface area contributed by atoms with Gasteiger partial charge in [0, 0.05) is 47.0 Å². The number of aromatic nitrogens is 2. The largest absolute Gasteiger partial charge is 0.381 e. The van der Waals surface area contributed by atoms with Gasteiger partial charge in [-0.2, -0.15) is 0 Å². The van der Waals surface area contributed by atoms with E-state index >= 15 is 0 Å². The van der Waals surface area contributed by atoms with Gasteiger partial charge < -0.3 is 10.6 Å². The van der Waals surface area contributed by atoms with Crippen LogP contribution in [-0.4, -0.2) is 15.9 Å². The van der Waals surface area contributed by atoms with Crippen LogP contribution < -0.4 is 10.6 Å². The summed E-state index contributed by atoms with van der Waals surface area (Å²) in [6, 6.07) is 20.2. The second kappa shape index (κ2) is 8.73. The van der Waals surface area contributed by atoms with Crippen LogP contribution in [0.1, 0.15) is 47.8 Å². The van der Waals surface area contributed by atoms with Gasteiger partial charge in [-0.15, -0.1) is 0 Å². The summed E-state index contributed by atoms with van der Waals surface area (Å²) in [5.74, 6) is 1.44. The van der Waals surface area contributed by atoms with Gasteiger partial charge >= 0.3 is 0 Å². The Morgan fingerprint density at radius 2 is 1.91 bits per heavy atom. The molecular weight excluding hydrogens is 444 g/mol. The number of hydrogen-bond donors (Lipinski definition) is 2. The van der Waals surface area contributed by atoms with Crippen molar-refractivity contribution in [2.24, 2.45) is 5.92 Å². The molecule has 0 saturated heterocycles. The second-order valence-electron chi connectivity index (χ2n) is 9.35. The molecule has 0 aliphatic heterocycles. The molecule has 6 heteroatoms. The summed E-state index contributed by atoms with van der Waals surface area (Å²) in [6.07, 6.45) is 7.12. The highest BCUT2D eigenvalue weighted by Crippen LogP contribution is 2.48. The van der Waals surface area contributed by atoms with E-state index in [4.69, 9.17) is 11.6 Å². The molecule has 2 atom stereocenters. The number of carbonyl (C=O) groups excluding carboxylic acids is 1. The van der Waals surface area contributed by atoms with Crippen molar-refractivity contribution in [1.82, 2.24) is 9.97 Å². The summed E-state index contributed by atoms with van der Waals surface area (Å²) in [5.41, 5.74) is 5.59. The zero-order chi connectivity index (χ0) is 23.1. The fourth-order valence-electron chi connectivity index (χ4n) is 4.57. The smallest absolute Gasteiger partial charge is 0.229 e. The van der Waals surface area contributed by atoms with E-state index in [0.717, 1.165) is 23.2 Å². The van der Waals surface area contributed by atoms with E-state index in [0.29, 0.717) is 23.3 Å². The quantitative estimate of drug-likeness (QED) is 0.324. The van der Waals surface area contributed by atoms with Crippen LogP contribution in [0.5, 0.6) is 0 Å². The van der Waals surface area contributed by atoms with E-state index in [-0.39, 0.29) is 17.7 Å². The standard InChI is InChI=1S/C28H25ClN4O/c29-22-3-1-2-19(12-22)24-14-25(24)28(34)33-27-13-23(8-9-30-27)31-15-17-4-7-26-20(10-17)11-21(16-32-26)18-5-6-18/h1-4,7-13,16,18,24-25H,5-6,14-15H2,(H2,30,31,33,34)/t24?,25-/m0/s1. The molecule has 1 amide bonds. The number of pyridine rings is 2. The van der Waals surface area contributed by atoms with Gasteiger partial charge in [0.1, 0.15) is 5.82 Å². The number of benzene rings is 2. The van der Waals surface area contributed by atoms with Gasteiger partial charge in [0.2, 0.25) is 5.91 Å². The molecule has 4 aromatic rings. The van der Waals surface area contributed by atoms with Crippen molar-refractivity contribution >= 4 is 39.9 Å². The van der Waals surface area contributed by atoms with Crippen molar-refractivity contribution < 1.29 is 4.79 Å². The van der Waals surface area contributed by atoms with Gasteiger partial charge in [-0.25, -0.2) is 4.98 Å². The Morgan fingerprint density at radius 3 is 2.76 bits per heavy atom. The molecule has 2 aromatic carbocycles. The van der Waals surface area contributed by atoms with Gasteiger partial charge in [0.05, 0.1) is 5.52 Å². The lowest BCUT2D eigenvalue weighted by Crippen LogP contribution is -2.15. The third-order valence-corrected chi connectivity index (χ3v) is 6.96. The molecule has 2 aliphatic rings. The van der Waals surface area contributed by atoms with Crippen LogP contribution in [0.25, 0.3) is 10.9 Å². The Morgan fingerprint density at radius 1 is 1.00 bits per heavy atom. The normalized spacial score (nSPS) is 19.1. The highest BCUT2D eigenvalue weighted by molar-refractivity contribution is 6.30. The van der Waals surface area contributed by atoms with Crippen LogP contribution >= 0.6 is 11.6 Å². The molecule has 2 aromatic heterocycles. The lowest BCUT2D eigenvalue weighted by atomic mass is 10.1. The van der Waals surface area contributed by atoms with Gasteiger partial charge in [-0.1, -0.05) is 29.8 Å². The van der Waals surface area contributed by atoms with Gasteiger partial charge in [-0.05, 0) is 84.2 Å². The number of nitrogens with one attached hydrogen (secondary N) is 2. The molecule has 5 nitrogen and oxygen atoms in total. The summed E-state index contributed by atoms with van der Waals surface area (Å²) in [5, 5.41) is 8.31. The van der Waals surface area contributed by atoms with Crippen molar-refractivity contribution in [3.63, 3.8) is 0 Å². The highest BCUT2D eigenvalue weighted by Gasteiger charge is 2.44. The van der Waals surface area contributed by atoms with E-state index in [1.54, 1.807) is 6.20 Å². The van der Waals surface area contributed by atoms with Crippen molar-refractivity contribution in [2.45, 2.75) is 37.6 Å². The Bertz CT molecular complexity index is 1380. The first-order chi connectivity index (χ1) is 16.6. The van der Waals surface area contributed by atoms with Gasteiger partial charge in [-0.3, -0.25) is 9.78 Å². The third kappa shape index (κ3) is 4.62. The van der Waals surface area contributed by atoms with Crippen LogP contribution in [0.15, 0.2) is 73.1 Å². The summed E-state index contributed by atoms with van der Waals surface area (Å²) < 4.78 is 0. The maximum absolute atomic E-state index is 12.7. The number of hydrogen-bond acceptors (Lipinski definition) is 4. The number of rotatable bonds is 7. The third-order valence-electron chi connectivity index (χ3n) is 6.73. The highest BCUT2D eigenvalue weighted by atomic mass is 35.5. The molecule has 0 bridgehead atoms. The molecule has 34 heavy (non-hydrogen) atoms. The maximum atomic E-state index is 12.7. The van der Waals surface area contributed by atoms with Crippen molar-refractivity contribution in [3.8, 4) is 0 Å². The number of amides is 1. The van der Waals surface area contributed by atoms with Crippen LogP contribution in [-0.2, 0) is 11.3 Å². The van der Waals surface area contributed by atoms with E-state index < -0.39 is 0 Å². The number of fused-ring (bicyclic) bond motifs is 1. The maximum Gasteiger partial charge on any atom is 0.229 e. The number of nitrogens with zero attached hydrogens (tertiary/aromatic N) is 2. The molecule has 2 fully saturated rings. The molecule has 6 rings (SSSR count). The number of carbonyl (C=O) groups is 1. The monoisotopic (exact) mass is 468 g/mol. The van der Waals surface area contributed by atoms with E-state index in [9.17, 15) is 4.79 Å². The minimum atomic E-state index is -0.0383. The first-order valence-electron chi connectivity index (χ1n) is 11.8. The Kier molecular flexibility index (Phi) is 5.42. The second-order valence-corrected chi connectivity index (χ2v) is 9.78. The molecule has 170 valence electrons. The molecule has 2 heterocycles. The molecule has 0 spiro atoms. The van der Waals surface area contributed by atoms with E-state index in [2.05, 4.69) is 44.9 Å². The minimum absolute atomic E-state index is 0.00289. The van der Waals surface area contributed by atoms with Crippen molar-refractivity contribution in [1.29, 1.82) is 0 Å². The summed E-state index contributed by atoms with van der Waals surface area (Å²) in [4.78, 5) is 21.7. The van der Waals surface area contributed by atoms with Crippen molar-refractivity contribution in [2.75, 3.05) is 10.6 Å². The van der Waals surface area contributed by atoms with Crippen LogP contribution in [0.4, 0.5) is 11.5 Å². The Labute approximate surface area is 203 Å². The summed E-state index contributed by atoms with van der Waals surface area (Å²) in [7, 11) is 0. The van der Waals surface area contributed by atoms with Gasteiger partial charge in [0.15, 0.2) is 0 Å². The molecule has 2 aliphatic carbocycles. The minimum Gasteiger partial charge on any atom is -0.381 e. The predicted octanol–water partition coefficient (Wildman–Crippen LogP) is 6.51. The topological polar surface area (TPSA) is 66.9 Å². The lowest BCUT2D eigenvalue weighted by Gasteiger charge is -2.10. The predicted molar refractivity (Wildman–Crippen MR) is 136 cm³/mol. The Hall–Kier alpha value is -3.44. The number of anilines is 2. The van der Waals surface area contributed by atoms with Crippen LogP contribution in [0.2, 0.25) is 5.02 Å². The zero-order valence-corrected chi connectivity index (χ0v) is 19.4. The fourth-order valence-corrected chi connectivity index (χ4v) is 4.77. The average Bonchev–Trinajstić information content (AvgIpc) is 3.76. The first kappa shape index (κ1) is 21.1. The summed E-state index contributed by atoms with van der Waals surface area (Å²) >= 11 is 6.09. The molecule has 2 saturated carbocycles. The lowest BCUT2D eigenvalue weighted by molar-refractivity contribution is -0.117. The SMILES string of the molecule is O=C(Nc1cc(NCc2ccc3ncc(C4CC4)cc3c2)ccn1)[C@H]1CC1c1cccc(Cl)c1.